The summed E-state index contributed by atoms with van der Waals surface area (Å²) in [5, 5.41) is 16.6. The van der Waals surface area contributed by atoms with E-state index in [9.17, 15) is 10.1 Å². The van der Waals surface area contributed by atoms with Gasteiger partial charge in [-0.15, -0.1) is 0 Å². The fraction of sp³-hybridized carbons (Fsp3) is 0.312. The van der Waals surface area contributed by atoms with Crippen molar-refractivity contribution in [2.45, 2.75) is 19.4 Å². The summed E-state index contributed by atoms with van der Waals surface area (Å²) >= 11 is 6.17. The summed E-state index contributed by atoms with van der Waals surface area (Å²) in [4.78, 5) is 12.4. The number of methoxy groups -OCH3 is 1. The molecule has 0 aliphatic rings. The van der Waals surface area contributed by atoms with Crippen molar-refractivity contribution in [3.8, 4) is 11.8 Å². The molecule has 120 valence electrons. The summed E-state index contributed by atoms with van der Waals surface area (Å²) < 4.78 is 6.57. The van der Waals surface area contributed by atoms with Crippen LogP contribution in [0, 0.1) is 18.3 Å². The molecule has 0 bridgehead atoms. The summed E-state index contributed by atoms with van der Waals surface area (Å²) in [6, 6.07) is 9.27. The van der Waals surface area contributed by atoms with Crippen LogP contribution in [0.5, 0.6) is 0 Å². The van der Waals surface area contributed by atoms with Crippen molar-refractivity contribution >= 4 is 17.5 Å². The van der Waals surface area contributed by atoms with E-state index in [-0.39, 0.29) is 12.5 Å². The van der Waals surface area contributed by atoms with Gasteiger partial charge in [0.25, 0.3) is 5.91 Å². The molecule has 0 fully saturated rings. The van der Waals surface area contributed by atoms with Gasteiger partial charge in [0.2, 0.25) is 0 Å². The Balaban J connectivity index is 2.31. The van der Waals surface area contributed by atoms with Gasteiger partial charge in [0, 0.05) is 7.11 Å². The summed E-state index contributed by atoms with van der Waals surface area (Å²) in [6.45, 7) is 3.46. The van der Waals surface area contributed by atoms with E-state index < -0.39 is 5.54 Å². The molecule has 1 amide bonds. The maximum Gasteiger partial charge on any atom is 0.256 e. The minimum atomic E-state index is -1.11. The number of hydrogen-bond donors (Lipinski definition) is 1. The SMILES string of the molecule is COC[C@](C)(C#N)NC(=O)c1cnn(-c2ccccc2Cl)c1C. The van der Waals surface area contributed by atoms with Crippen LogP contribution in [-0.4, -0.2) is 34.9 Å². The number of nitriles is 1. The number of ether oxygens (including phenoxy) is 1. The fourth-order valence-electron chi connectivity index (χ4n) is 2.20. The number of hydrogen-bond acceptors (Lipinski definition) is 4. The topological polar surface area (TPSA) is 79.9 Å². The predicted octanol–water partition coefficient (Wildman–Crippen LogP) is 2.49. The second kappa shape index (κ2) is 6.82. The Hall–Kier alpha value is -2.36. The molecule has 0 radical (unpaired) electrons. The molecule has 2 rings (SSSR count). The predicted molar refractivity (Wildman–Crippen MR) is 86.7 cm³/mol. The Morgan fingerprint density at radius 2 is 2.22 bits per heavy atom. The van der Waals surface area contributed by atoms with Crippen molar-refractivity contribution in [1.29, 1.82) is 5.26 Å². The van der Waals surface area contributed by atoms with Crippen molar-refractivity contribution in [2.75, 3.05) is 13.7 Å². The van der Waals surface area contributed by atoms with Gasteiger partial charge in [-0.2, -0.15) is 10.4 Å². The zero-order valence-electron chi connectivity index (χ0n) is 13.1. The lowest BCUT2D eigenvalue weighted by atomic mass is 10.1. The number of carbonyl (C=O) groups excluding carboxylic acids is 1. The molecule has 6 nitrogen and oxygen atoms in total. The Kier molecular flexibility index (Phi) is 5.04. The van der Waals surface area contributed by atoms with Gasteiger partial charge in [-0.3, -0.25) is 4.79 Å². The van der Waals surface area contributed by atoms with E-state index in [1.54, 1.807) is 24.6 Å². The quantitative estimate of drug-likeness (QED) is 0.912. The Bertz CT molecular complexity index is 766. The molecule has 1 N–H and O–H groups in total. The normalized spacial score (nSPS) is 13.2. The van der Waals surface area contributed by atoms with Crippen molar-refractivity contribution < 1.29 is 9.53 Å². The largest absolute Gasteiger partial charge is 0.381 e. The van der Waals surface area contributed by atoms with Gasteiger partial charge in [0.1, 0.15) is 5.54 Å². The Labute approximate surface area is 139 Å². The minimum absolute atomic E-state index is 0.0902. The maximum atomic E-state index is 12.4. The first-order valence-electron chi connectivity index (χ1n) is 6.94. The molecule has 0 aliphatic heterocycles. The molecule has 0 unspecified atom stereocenters. The number of halogens is 1. The number of para-hydroxylation sites is 1. The molecule has 0 aliphatic carbocycles. The van der Waals surface area contributed by atoms with E-state index in [2.05, 4.69) is 10.4 Å². The Morgan fingerprint density at radius 3 is 2.83 bits per heavy atom. The third-order valence-corrected chi connectivity index (χ3v) is 3.72. The zero-order chi connectivity index (χ0) is 17.0. The van der Waals surface area contributed by atoms with Gasteiger partial charge in [0.05, 0.1) is 40.8 Å². The highest BCUT2D eigenvalue weighted by Crippen LogP contribution is 2.22. The number of nitrogens with zero attached hydrogens (tertiary/aromatic N) is 3. The smallest absolute Gasteiger partial charge is 0.256 e. The van der Waals surface area contributed by atoms with Crippen molar-refractivity contribution in [1.82, 2.24) is 15.1 Å². The van der Waals surface area contributed by atoms with Crippen molar-refractivity contribution in [2.24, 2.45) is 0 Å². The minimum Gasteiger partial charge on any atom is -0.381 e. The first-order valence-corrected chi connectivity index (χ1v) is 7.32. The molecule has 0 saturated carbocycles. The molecule has 23 heavy (non-hydrogen) atoms. The highest BCUT2D eigenvalue weighted by molar-refractivity contribution is 6.32. The monoisotopic (exact) mass is 332 g/mol. The number of nitrogens with one attached hydrogen (secondary N) is 1. The van der Waals surface area contributed by atoms with E-state index in [0.717, 1.165) is 0 Å². The second-order valence-electron chi connectivity index (χ2n) is 5.34. The van der Waals surface area contributed by atoms with Crippen molar-refractivity contribution in [3.63, 3.8) is 0 Å². The van der Waals surface area contributed by atoms with E-state index >= 15 is 0 Å². The van der Waals surface area contributed by atoms with Crippen LogP contribution < -0.4 is 5.32 Å². The maximum absolute atomic E-state index is 12.4. The molecule has 1 aromatic heterocycles. The van der Waals surface area contributed by atoms with Crippen LogP contribution in [0.1, 0.15) is 23.0 Å². The van der Waals surface area contributed by atoms with E-state index in [1.165, 1.54) is 13.3 Å². The molecule has 2 aromatic rings. The Morgan fingerprint density at radius 1 is 1.52 bits per heavy atom. The van der Waals surface area contributed by atoms with Crippen LogP contribution >= 0.6 is 11.6 Å². The average molecular weight is 333 g/mol. The molecule has 1 aromatic carbocycles. The average Bonchev–Trinajstić information content (AvgIpc) is 2.89. The lowest BCUT2D eigenvalue weighted by Crippen LogP contribution is -2.48. The summed E-state index contributed by atoms with van der Waals surface area (Å²) in [5.41, 5.74) is 0.589. The third-order valence-electron chi connectivity index (χ3n) is 3.40. The van der Waals surface area contributed by atoms with Crippen LogP contribution in [0.25, 0.3) is 5.69 Å². The number of benzene rings is 1. The number of amides is 1. The van der Waals surface area contributed by atoms with Crippen molar-refractivity contribution in [3.05, 3.63) is 46.7 Å². The van der Waals surface area contributed by atoms with Crippen LogP contribution in [0.2, 0.25) is 5.02 Å². The molecule has 7 heteroatoms. The molecule has 1 heterocycles. The third kappa shape index (κ3) is 3.52. The lowest BCUT2D eigenvalue weighted by Gasteiger charge is -2.21. The molecule has 0 saturated heterocycles. The zero-order valence-corrected chi connectivity index (χ0v) is 13.9. The van der Waals surface area contributed by atoms with Gasteiger partial charge in [-0.05, 0) is 26.0 Å². The van der Waals surface area contributed by atoms with E-state index in [1.807, 2.05) is 24.3 Å². The first-order chi connectivity index (χ1) is 10.9. The van der Waals surface area contributed by atoms with Gasteiger partial charge in [-0.1, -0.05) is 23.7 Å². The van der Waals surface area contributed by atoms with Crippen LogP contribution in [0.15, 0.2) is 30.5 Å². The molecule has 0 spiro atoms. The van der Waals surface area contributed by atoms with Gasteiger partial charge in [0.15, 0.2) is 0 Å². The standard InChI is InChI=1S/C16H17ClN4O2/c1-11-12(15(22)20-16(2,9-18)10-23-3)8-19-21(11)14-7-5-4-6-13(14)17/h4-8H,10H2,1-3H3,(H,20,22)/t16-/m0/s1. The van der Waals surface area contributed by atoms with E-state index in [4.69, 9.17) is 16.3 Å². The second-order valence-corrected chi connectivity index (χ2v) is 5.75. The lowest BCUT2D eigenvalue weighted by molar-refractivity contribution is 0.0859. The van der Waals surface area contributed by atoms with Gasteiger partial charge >= 0.3 is 0 Å². The summed E-state index contributed by atoms with van der Waals surface area (Å²) in [5.74, 6) is -0.387. The van der Waals surface area contributed by atoms with Crippen LogP contribution in [-0.2, 0) is 4.74 Å². The number of aromatic nitrogens is 2. The van der Waals surface area contributed by atoms with Crippen LogP contribution in [0.4, 0.5) is 0 Å². The number of carbonyl (C=O) groups is 1. The van der Waals surface area contributed by atoms with Crippen LogP contribution in [0.3, 0.4) is 0 Å². The number of rotatable bonds is 5. The fourth-order valence-corrected chi connectivity index (χ4v) is 2.42. The highest BCUT2D eigenvalue weighted by Gasteiger charge is 2.28. The molecular formula is C16H17ClN4O2. The van der Waals surface area contributed by atoms with E-state index in [0.29, 0.717) is 22.0 Å². The highest BCUT2D eigenvalue weighted by atomic mass is 35.5. The van der Waals surface area contributed by atoms with Gasteiger partial charge in [-0.25, -0.2) is 4.68 Å². The first kappa shape index (κ1) is 17.0. The molecule has 1 atom stereocenters. The van der Waals surface area contributed by atoms with Gasteiger partial charge < -0.3 is 10.1 Å². The summed E-state index contributed by atoms with van der Waals surface area (Å²) in [7, 11) is 1.47. The summed E-state index contributed by atoms with van der Waals surface area (Å²) in [6.07, 6.45) is 1.46. The molecular weight excluding hydrogens is 316 g/mol.